The molecule has 1 atom stereocenters. The molecule has 0 aromatic carbocycles. The molecule has 3 heterocycles. The summed E-state index contributed by atoms with van der Waals surface area (Å²) in [4.78, 5) is 23.3. The van der Waals surface area contributed by atoms with Gasteiger partial charge < -0.3 is 14.0 Å². The predicted octanol–water partition coefficient (Wildman–Crippen LogP) is 3.57. The molecule has 0 spiro atoms. The number of rotatable bonds is 2. The normalized spacial score (nSPS) is 18.8. The molecular formula is C17H24N4O2S. The summed E-state index contributed by atoms with van der Waals surface area (Å²) < 4.78 is 7.53. The molecule has 1 amide bonds. The minimum Gasteiger partial charge on any atom is -0.444 e. The van der Waals surface area contributed by atoms with Gasteiger partial charge in [-0.05, 0) is 39.9 Å². The number of thioether (sulfide) groups is 1. The van der Waals surface area contributed by atoms with E-state index in [-0.39, 0.29) is 12.0 Å². The summed E-state index contributed by atoms with van der Waals surface area (Å²) in [6, 6.07) is 0. The van der Waals surface area contributed by atoms with Crippen molar-refractivity contribution in [1.82, 2.24) is 19.3 Å². The maximum absolute atomic E-state index is 12.3. The molecule has 3 rings (SSSR count). The molecule has 2 aromatic heterocycles. The van der Waals surface area contributed by atoms with Crippen molar-refractivity contribution in [2.45, 2.75) is 50.2 Å². The van der Waals surface area contributed by atoms with E-state index in [1.807, 2.05) is 43.8 Å². The van der Waals surface area contributed by atoms with Gasteiger partial charge in [0.25, 0.3) is 0 Å². The smallest absolute Gasteiger partial charge is 0.410 e. The third-order valence-electron chi connectivity index (χ3n) is 4.05. The van der Waals surface area contributed by atoms with E-state index in [2.05, 4.69) is 4.98 Å². The summed E-state index contributed by atoms with van der Waals surface area (Å²) in [5, 5.41) is 0.923. The average Bonchev–Trinajstić information content (AvgIpc) is 3.01. The Hall–Kier alpha value is -1.76. The lowest BCUT2D eigenvalue weighted by Crippen LogP contribution is -2.42. The van der Waals surface area contributed by atoms with Crippen molar-refractivity contribution in [2.24, 2.45) is 0 Å². The van der Waals surface area contributed by atoms with Gasteiger partial charge in [0.1, 0.15) is 10.6 Å². The minimum absolute atomic E-state index is 0.226. The molecule has 2 aromatic rings. The fraction of sp³-hybridized carbons (Fsp3) is 0.588. The highest BCUT2D eigenvalue weighted by Gasteiger charge is 2.29. The summed E-state index contributed by atoms with van der Waals surface area (Å²) in [7, 11) is 0. The van der Waals surface area contributed by atoms with Gasteiger partial charge in [0.2, 0.25) is 0 Å². The molecule has 0 radical (unpaired) electrons. The van der Waals surface area contributed by atoms with Crippen LogP contribution in [0.1, 0.15) is 45.2 Å². The number of hydrogen-bond acceptors (Lipinski definition) is 5. The molecule has 0 bridgehead atoms. The number of carbonyl (C=O) groups is 1. The Morgan fingerprint density at radius 3 is 2.92 bits per heavy atom. The maximum atomic E-state index is 12.3. The minimum atomic E-state index is -0.468. The van der Waals surface area contributed by atoms with Gasteiger partial charge in [-0.1, -0.05) is 0 Å². The van der Waals surface area contributed by atoms with E-state index in [1.54, 1.807) is 22.9 Å². The van der Waals surface area contributed by atoms with Crippen LogP contribution in [-0.2, 0) is 4.74 Å². The van der Waals surface area contributed by atoms with E-state index >= 15 is 0 Å². The summed E-state index contributed by atoms with van der Waals surface area (Å²) in [5.74, 6) is 0.226. The summed E-state index contributed by atoms with van der Waals surface area (Å²) in [6.45, 7) is 7.08. The number of ether oxygens (including phenoxy) is 1. The average molecular weight is 348 g/mol. The zero-order valence-electron chi connectivity index (χ0n) is 14.7. The first kappa shape index (κ1) is 17.1. The largest absolute Gasteiger partial charge is 0.444 e. The number of hydrogen-bond donors (Lipinski definition) is 0. The Morgan fingerprint density at radius 1 is 1.42 bits per heavy atom. The molecule has 1 aliphatic rings. The van der Waals surface area contributed by atoms with Crippen LogP contribution in [0, 0.1) is 0 Å². The van der Waals surface area contributed by atoms with Crippen LogP contribution in [0.3, 0.4) is 0 Å². The topological polar surface area (TPSA) is 59.7 Å². The number of amides is 1. The van der Waals surface area contributed by atoms with Crippen molar-refractivity contribution in [3.63, 3.8) is 0 Å². The monoisotopic (exact) mass is 348 g/mol. The summed E-state index contributed by atoms with van der Waals surface area (Å²) >= 11 is 1.60. The van der Waals surface area contributed by atoms with Crippen molar-refractivity contribution in [2.75, 3.05) is 19.3 Å². The van der Waals surface area contributed by atoms with Crippen LogP contribution in [0.2, 0.25) is 0 Å². The van der Waals surface area contributed by atoms with Gasteiger partial charge in [0, 0.05) is 37.6 Å². The molecule has 0 saturated carbocycles. The Labute approximate surface area is 146 Å². The van der Waals surface area contributed by atoms with Crippen molar-refractivity contribution in [3.05, 3.63) is 24.3 Å². The number of nitrogens with zero attached hydrogens (tertiary/aromatic N) is 4. The molecule has 130 valence electrons. The number of fused-ring (bicyclic) bond motifs is 1. The Morgan fingerprint density at radius 2 is 2.21 bits per heavy atom. The highest BCUT2D eigenvalue weighted by Crippen LogP contribution is 2.29. The third kappa shape index (κ3) is 3.66. The zero-order chi connectivity index (χ0) is 17.3. The molecule has 0 N–H and O–H groups in total. The molecule has 7 heteroatoms. The van der Waals surface area contributed by atoms with E-state index in [4.69, 9.17) is 9.72 Å². The fourth-order valence-electron chi connectivity index (χ4n) is 2.97. The number of piperidine rings is 1. The fourth-order valence-corrected chi connectivity index (χ4v) is 3.50. The molecule has 1 unspecified atom stereocenters. The van der Waals surface area contributed by atoms with Crippen molar-refractivity contribution in [1.29, 1.82) is 0 Å². The van der Waals surface area contributed by atoms with Gasteiger partial charge in [-0.2, -0.15) is 0 Å². The van der Waals surface area contributed by atoms with Gasteiger partial charge in [-0.3, -0.25) is 0 Å². The van der Waals surface area contributed by atoms with Crippen LogP contribution in [0.25, 0.3) is 5.65 Å². The van der Waals surface area contributed by atoms with Crippen LogP contribution in [0.5, 0.6) is 0 Å². The van der Waals surface area contributed by atoms with Crippen molar-refractivity contribution in [3.8, 4) is 0 Å². The van der Waals surface area contributed by atoms with E-state index in [0.717, 1.165) is 35.8 Å². The quantitative estimate of drug-likeness (QED) is 0.777. The van der Waals surface area contributed by atoms with Crippen molar-refractivity contribution >= 4 is 23.5 Å². The SMILES string of the molecule is CSc1nc(C2CCCN(C(=O)OC(C)(C)C)C2)cn2ccnc12. The second-order valence-corrected chi connectivity index (χ2v) is 7.89. The van der Waals surface area contributed by atoms with Gasteiger partial charge in [-0.15, -0.1) is 11.8 Å². The Kier molecular flexibility index (Phi) is 4.71. The van der Waals surface area contributed by atoms with Crippen LogP contribution in [0.4, 0.5) is 4.79 Å². The van der Waals surface area contributed by atoms with Gasteiger partial charge in [0.15, 0.2) is 5.65 Å². The first-order valence-corrected chi connectivity index (χ1v) is 9.45. The molecule has 24 heavy (non-hydrogen) atoms. The lowest BCUT2D eigenvalue weighted by atomic mass is 9.95. The van der Waals surface area contributed by atoms with Gasteiger partial charge >= 0.3 is 6.09 Å². The predicted molar refractivity (Wildman–Crippen MR) is 94.6 cm³/mol. The summed E-state index contributed by atoms with van der Waals surface area (Å²) in [6.07, 6.45) is 9.52. The molecule has 1 aliphatic heterocycles. The molecule has 6 nitrogen and oxygen atoms in total. The van der Waals surface area contributed by atoms with Crippen LogP contribution in [0.15, 0.2) is 23.6 Å². The van der Waals surface area contributed by atoms with Crippen molar-refractivity contribution < 1.29 is 9.53 Å². The van der Waals surface area contributed by atoms with Gasteiger partial charge in [0.05, 0.1) is 5.69 Å². The molecule has 1 saturated heterocycles. The second kappa shape index (κ2) is 6.63. The standard InChI is InChI=1S/C17H24N4O2S/c1-17(2,3)23-16(22)21-8-5-6-12(10-21)13-11-20-9-7-18-14(20)15(19-13)24-4/h7,9,11-12H,5-6,8,10H2,1-4H3. The number of imidazole rings is 1. The summed E-state index contributed by atoms with van der Waals surface area (Å²) in [5.41, 5.74) is 1.42. The highest BCUT2D eigenvalue weighted by atomic mass is 32.2. The molecule has 0 aliphatic carbocycles. The van der Waals surface area contributed by atoms with Crippen LogP contribution < -0.4 is 0 Å². The first-order chi connectivity index (χ1) is 11.4. The number of aromatic nitrogens is 3. The second-order valence-electron chi connectivity index (χ2n) is 7.10. The Bertz CT molecular complexity index is 738. The number of likely N-dealkylation sites (tertiary alicyclic amines) is 1. The van der Waals surface area contributed by atoms with E-state index < -0.39 is 5.60 Å². The molecule has 1 fully saturated rings. The highest BCUT2D eigenvalue weighted by molar-refractivity contribution is 7.98. The van der Waals surface area contributed by atoms with E-state index in [1.165, 1.54) is 0 Å². The lowest BCUT2D eigenvalue weighted by Gasteiger charge is -2.34. The zero-order valence-corrected chi connectivity index (χ0v) is 15.5. The third-order valence-corrected chi connectivity index (χ3v) is 4.71. The lowest BCUT2D eigenvalue weighted by molar-refractivity contribution is 0.0197. The van der Waals surface area contributed by atoms with Gasteiger partial charge in [-0.25, -0.2) is 14.8 Å². The van der Waals surface area contributed by atoms with E-state index in [0.29, 0.717) is 6.54 Å². The molecular weight excluding hydrogens is 324 g/mol. The first-order valence-electron chi connectivity index (χ1n) is 8.23. The van der Waals surface area contributed by atoms with Crippen LogP contribution >= 0.6 is 11.8 Å². The Balaban J connectivity index is 1.81. The maximum Gasteiger partial charge on any atom is 0.410 e. The van der Waals surface area contributed by atoms with Crippen LogP contribution in [-0.4, -0.2) is 50.3 Å². The van der Waals surface area contributed by atoms with E-state index in [9.17, 15) is 4.79 Å². The number of carbonyl (C=O) groups excluding carboxylic acids is 1.